The van der Waals surface area contributed by atoms with Gasteiger partial charge >= 0.3 is 6.09 Å². The smallest absolute Gasteiger partial charge is 0.410 e. The van der Waals surface area contributed by atoms with Crippen molar-refractivity contribution in [3.8, 4) is 5.75 Å². The van der Waals surface area contributed by atoms with Crippen LogP contribution in [0.15, 0.2) is 30.6 Å². The molecule has 4 rings (SSSR count). The second-order valence-electron chi connectivity index (χ2n) is 10.4. The summed E-state index contributed by atoms with van der Waals surface area (Å²) < 4.78 is 39.1. The highest BCUT2D eigenvalue weighted by atomic mass is 19.1. The summed E-state index contributed by atoms with van der Waals surface area (Å²) in [5, 5.41) is 0. The van der Waals surface area contributed by atoms with Crippen LogP contribution < -0.4 is 15.4 Å². The standard InChI is InChI=1S/C27H37F2N5O3/c1-17(2)37-27(35)33-9-6-19(7-10-33)18(3)8-11-36-21-13-31-26(32-14-21)34-15-23(25(30)16-34)22-12-20(28)4-5-24(22)29/h4-5,12-14,17-19,23,25H,6-11,15-16,30H2,1-3H3/t18-,23-,25+/m1/s1. The number of benzene rings is 1. The Morgan fingerprint density at radius 2 is 1.84 bits per heavy atom. The molecule has 0 spiro atoms. The van der Waals surface area contributed by atoms with E-state index in [0.29, 0.717) is 43.2 Å². The number of carbonyl (C=O) groups excluding carboxylic acids is 1. The van der Waals surface area contributed by atoms with Crippen molar-refractivity contribution in [2.75, 3.05) is 37.7 Å². The quantitative estimate of drug-likeness (QED) is 0.556. The van der Waals surface area contributed by atoms with E-state index in [-0.39, 0.29) is 29.7 Å². The summed E-state index contributed by atoms with van der Waals surface area (Å²) in [6, 6.07) is 3.10. The van der Waals surface area contributed by atoms with Gasteiger partial charge in [-0.15, -0.1) is 0 Å². The zero-order chi connectivity index (χ0) is 26.5. The van der Waals surface area contributed by atoms with E-state index in [1.807, 2.05) is 18.7 Å². The van der Waals surface area contributed by atoms with Crippen LogP contribution >= 0.6 is 0 Å². The van der Waals surface area contributed by atoms with E-state index in [4.69, 9.17) is 15.2 Å². The molecule has 3 atom stereocenters. The summed E-state index contributed by atoms with van der Waals surface area (Å²) in [6.45, 7) is 8.81. The SMILES string of the molecule is CC(C)OC(=O)N1CCC([C@H](C)CCOc2cnc(N3C[C@H](c4cc(F)ccc4F)[C@@H](N)C3)nc2)CC1. The van der Waals surface area contributed by atoms with Gasteiger partial charge in [-0.3, -0.25) is 0 Å². The molecule has 2 aromatic rings. The number of hydrogen-bond acceptors (Lipinski definition) is 7. The van der Waals surface area contributed by atoms with Gasteiger partial charge in [0.15, 0.2) is 5.75 Å². The first-order chi connectivity index (χ1) is 17.7. The molecular weight excluding hydrogens is 480 g/mol. The molecule has 10 heteroatoms. The van der Waals surface area contributed by atoms with Crippen LogP contribution in [-0.4, -0.2) is 65.9 Å². The van der Waals surface area contributed by atoms with Crippen LogP contribution in [0.1, 0.15) is 51.5 Å². The van der Waals surface area contributed by atoms with E-state index in [1.165, 1.54) is 6.07 Å². The Kier molecular flexibility index (Phi) is 8.79. The highest BCUT2D eigenvalue weighted by Crippen LogP contribution is 2.31. The molecule has 0 bridgehead atoms. The molecule has 0 saturated carbocycles. The van der Waals surface area contributed by atoms with E-state index in [1.54, 1.807) is 17.3 Å². The number of hydrogen-bond donors (Lipinski definition) is 1. The monoisotopic (exact) mass is 517 g/mol. The fourth-order valence-electron chi connectivity index (χ4n) is 5.19. The van der Waals surface area contributed by atoms with Crippen molar-refractivity contribution < 1.29 is 23.0 Å². The predicted molar refractivity (Wildman–Crippen MR) is 137 cm³/mol. The Hall–Kier alpha value is -3.01. The molecule has 2 aliphatic rings. The molecule has 37 heavy (non-hydrogen) atoms. The van der Waals surface area contributed by atoms with Crippen molar-refractivity contribution >= 4 is 12.0 Å². The van der Waals surface area contributed by atoms with Gasteiger partial charge in [-0.2, -0.15) is 0 Å². The number of nitrogens with two attached hydrogens (primary N) is 1. The largest absolute Gasteiger partial charge is 0.490 e. The number of carbonyl (C=O) groups is 1. The predicted octanol–water partition coefficient (Wildman–Crippen LogP) is 4.35. The average molecular weight is 518 g/mol. The zero-order valence-corrected chi connectivity index (χ0v) is 21.8. The van der Waals surface area contributed by atoms with Crippen LogP contribution in [0.3, 0.4) is 0 Å². The van der Waals surface area contributed by atoms with Crippen LogP contribution in [-0.2, 0) is 4.74 Å². The van der Waals surface area contributed by atoms with Crippen molar-refractivity contribution in [3.05, 3.63) is 47.8 Å². The molecule has 1 aromatic heterocycles. The van der Waals surface area contributed by atoms with Gasteiger partial charge in [0.05, 0.1) is 25.1 Å². The first-order valence-electron chi connectivity index (χ1n) is 13.1. The lowest BCUT2D eigenvalue weighted by molar-refractivity contribution is 0.0597. The maximum Gasteiger partial charge on any atom is 0.410 e. The molecule has 1 amide bonds. The number of likely N-dealkylation sites (tertiary alicyclic amines) is 1. The summed E-state index contributed by atoms with van der Waals surface area (Å²) in [4.78, 5) is 24.6. The number of ether oxygens (including phenoxy) is 2. The van der Waals surface area contributed by atoms with E-state index >= 15 is 0 Å². The lowest BCUT2D eigenvalue weighted by Crippen LogP contribution is -2.41. The first kappa shape index (κ1) is 27.0. The minimum absolute atomic E-state index is 0.103. The Morgan fingerprint density at radius 1 is 1.14 bits per heavy atom. The Bertz CT molecular complexity index is 1050. The summed E-state index contributed by atoms with van der Waals surface area (Å²) >= 11 is 0. The third kappa shape index (κ3) is 6.85. The van der Waals surface area contributed by atoms with Gasteiger partial charge < -0.3 is 25.0 Å². The number of halogens is 2. The van der Waals surface area contributed by atoms with Crippen LogP contribution in [0.5, 0.6) is 5.75 Å². The van der Waals surface area contributed by atoms with Gasteiger partial charge in [0.25, 0.3) is 0 Å². The van der Waals surface area contributed by atoms with Gasteiger partial charge in [0.1, 0.15) is 11.6 Å². The fourth-order valence-corrected chi connectivity index (χ4v) is 5.19. The summed E-state index contributed by atoms with van der Waals surface area (Å²) in [5.41, 5.74) is 6.53. The van der Waals surface area contributed by atoms with Crippen molar-refractivity contribution in [3.63, 3.8) is 0 Å². The molecule has 202 valence electrons. The van der Waals surface area contributed by atoms with Crippen molar-refractivity contribution in [2.45, 2.75) is 58.1 Å². The second-order valence-corrected chi connectivity index (χ2v) is 10.4. The van der Waals surface area contributed by atoms with E-state index in [0.717, 1.165) is 44.5 Å². The first-order valence-corrected chi connectivity index (χ1v) is 13.1. The van der Waals surface area contributed by atoms with Crippen LogP contribution in [0.2, 0.25) is 0 Å². The molecule has 0 radical (unpaired) electrons. The van der Waals surface area contributed by atoms with Crippen molar-refractivity contribution in [1.82, 2.24) is 14.9 Å². The molecule has 3 heterocycles. The molecule has 2 aliphatic heterocycles. The van der Waals surface area contributed by atoms with Gasteiger partial charge in [0.2, 0.25) is 5.95 Å². The Labute approximate surface area is 217 Å². The van der Waals surface area contributed by atoms with Gasteiger partial charge in [0, 0.05) is 38.1 Å². The molecule has 2 saturated heterocycles. The Balaban J connectivity index is 1.22. The molecule has 2 fully saturated rings. The van der Waals surface area contributed by atoms with Gasteiger partial charge in [-0.1, -0.05) is 6.92 Å². The van der Waals surface area contributed by atoms with E-state index in [2.05, 4.69) is 16.9 Å². The average Bonchev–Trinajstić information content (AvgIpc) is 3.26. The lowest BCUT2D eigenvalue weighted by Gasteiger charge is -2.34. The maximum atomic E-state index is 14.3. The summed E-state index contributed by atoms with van der Waals surface area (Å²) in [6.07, 6.45) is 5.76. The molecule has 0 unspecified atom stereocenters. The minimum atomic E-state index is -0.481. The third-order valence-electron chi connectivity index (χ3n) is 7.40. The van der Waals surface area contributed by atoms with Crippen LogP contribution in [0.25, 0.3) is 0 Å². The molecular formula is C27H37F2N5O3. The molecule has 8 nitrogen and oxygen atoms in total. The third-order valence-corrected chi connectivity index (χ3v) is 7.40. The topological polar surface area (TPSA) is 93.8 Å². The van der Waals surface area contributed by atoms with Crippen LogP contribution in [0.4, 0.5) is 19.5 Å². The second kappa shape index (κ2) is 12.0. The number of nitrogens with zero attached hydrogens (tertiary/aromatic N) is 4. The zero-order valence-electron chi connectivity index (χ0n) is 21.8. The number of aromatic nitrogens is 2. The highest BCUT2D eigenvalue weighted by Gasteiger charge is 2.34. The van der Waals surface area contributed by atoms with Crippen molar-refractivity contribution in [1.29, 1.82) is 0 Å². The van der Waals surface area contributed by atoms with Crippen molar-refractivity contribution in [2.24, 2.45) is 17.6 Å². The van der Waals surface area contributed by atoms with E-state index < -0.39 is 11.6 Å². The summed E-state index contributed by atoms with van der Waals surface area (Å²) in [7, 11) is 0. The van der Waals surface area contributed by atoms with Gasteiger partial charge in [-0.05, 0) is 68.7 Å². The lowest BCUT2D eigenvalue weighted by atomic mass is 9.84. The van der Waals surface area contributed by atoms with Crippen LogP contribution in [0, 0.1) is 23.5 Å². The fraction of sp³-hybridized carbons (Fsp3) is 0.593. The van der Waals surface area contributed by atoms with Gasteiger partial charge in [-0.25, -0.2) is 23.5 Å². The molecule has 1 aromatic carbocycles. The number of rotatable bonds is 8. The normalized spacial score (nSPS) is 21.4. The minimum Gasteiger partial charge on any atom is -0.490 e. The molecule has 0 aliphatic carbocycles. The summed E-state index contributed by atoms with van der Waals surface area (Å²) in [5.74, 6) is 0.795. The number of piperidine rings is 1. The van der Waals surface area contributed by atoms with E-state index in [9.17, 15) is 13.6 Å². The number of anilines is 1. The number of amides is 1. The maximum absolute atomic E-state index is 14.3. The molecule has 2 N–H and O–H groups in total. The highest BCUT2D eigenvalue weighted by molar-refractivity contribution is 5.67. The Morgan fingerprint density at radius 3 is 2.51 bits per heavy atom.